The first-order valence-corrected chi connectivity index (χ1v) is 9.93. The molecule has 29 heavy (non-hydrogen) atoms. The minimum atomic E-state index is -0.250. The third kappa shape index (κ3) is 3.98. The van der Waals surface area contributed by atoms with Crippen molar-refractivity contribution in [2.24, 2.45) is 0 Å². The number of nitrogens with zero attached hydrogens (tertiary/aromatic N) is 3. The highest BCUT2D eigenvalue weighted by molar-refractivity contribution is 7.18. The normalized spacial score (nSPS) is 10.9. The SMILES string of the molecule is O=C(NCCC(=O)n1ccc2cc(-n3ccncc3=O)ccc21)c1ccc(Cl)s1. The van der Waals surface area contributed by atoms with Crippen molar-refractivity contribution in [3.05, 3.63) is 80.8 Å². The van der Waals surface area contributed by atoms with Gasteiger partial charge in [0.15, 0.2) is 0 Å². The first-order chi connectivity index (χ1) is 14.0. The number of amides is 1. The standard InChI is InChI=1S/C20H15ClN4O3S/c21-17-4-3-16(29-17)20(28)23-7-5-18(26)25-9-6-13-11-14(1-2-15(13)25)24-10-8-22-12-19(24)27/h1-4,6,8-12H,5,7H2,(H,23,28). The number of nitrogens with one attached hydrogen (secondary N) is 1. The molecule has 0 unspecified atom stereocenters. The van der Waals surface area contributed by atoms with Crippen LogP contribution >= 0.6 is 22.9 Å². The van der Waals surface area contributed by atoms with Crippen molar-refractivity contribution >= 4 is 45.7 Å². The first kappa shape index (κ1) is 19.1. The van der Waals surface area contributed by atoms with E-state index in [9.17, 15) is 14.4 Å². The van der Waals surface area contributed by atoms with Gasteiger partial charge in [-0.05, 0) is 36.4 Å². The Morgan fingerprint density at radius 2 is 2.00 bits per heavy atom. The van der Waals surface area contributed by atoms with E-state index in [0.29, 0.717) is 14.9 Å². The Morgan fingerprint density at radius 3 is 2.76 bits per heavy atom. The molecular formula is C20H15ClN4O3S. The molecule has 0 radical (unpaired) electrons. The molecule has 9 heteroatoms. The van der Waals surface area contributed by atoms with Crippen LogP contribution in [-0.2, 0) is 0 Å². The number of thiophene rings is 1. The fourth-order valence-corrected chi connectivity index (χ4v) is 3.94. The van der Waals surface area contributed by atoms with E-state index in [1.165, 1.54) is 22.1 Å². The molecule has 0 aliphatic rings. The average molecular weight is 427 g/mol. The molecule has 4 rings (SSSR count). The molecule has 7 nitrogen and oxygen atoms in total. The van der Waals surface area contributed by atoms with Gasteiger partial charge in [0.25, 0.3) is 11.5 Å². The number of hydrogen-bond donors (Lipinski definition) is 1. The first-order valence-electron chi connectivity index (χ1n) is 8.74. The predicted octanol–water partition coefficient (Wildman–Crippen LogP) is 3.36. The van der Waals surface area contributed by atoms with Gasteiger partial charge in [0.05, 0.1) is 20.9 Å². The second kappa shape index (κ2) is 8.02. The summed E-state index contributed by atoms with van der Waals surface area (Å²) in [6.45, 7) is 0.220. The molecule has 146 valence electrons. The Hall–Kier alpha value is -3.23. The zero-order valence-electron chi connectivity index (χ0n) is 15.0. The maximum absolute atomic E-state index is 12.6. The summed E-state index contributed by atoms with van der Waals surface area (Å²) in [4.78, 5) is 40.9. The Balaban J connectivity index is 1.46. The smallest absolute Gasteiger partial charge is 0.273 e. The Morgan fingerprint density at radius 1 is 1.14 bits per heavy atom. The van der Waals surface area contributed by atoms with Gasteiger partial charge in [-0.25, -0.2) is 0 Å². The summed E-state index contributed by atoms with van der Waals surface area (Å²) in [7, 11) is 0. The molecule has 1 amide bonds. The van der Waals surface area contributed by atoms with Gasteiger partial charge in [0, 0.05) is 42.6 Å². The molecule has 3 aromatic heterocycles. The number of benzene rings is 1. The second-order valence-electron chi connectivity index (χ2n) is 6.22. The zero-order chi connectivity index (χ0) is 20.4. The second-order valence-corrected chi connectivity index (χ2v) is 7.93. The number of halogens is 1. The maximum Gasteiger partial charge on any atom is 0.273 e. The highest BCUT2D eigenvalue weighted by atomic mass is 35.5. The van der Waals surface area contributed by atoms with Crippen LogP contribution in [0.5, 0.6) is 0 Å². The molecule has 1 N–H and O–H groups in total. The summed E-state index contributed by atoms with van der Waals surface area (Å²) in [5.74, 6) is -0.391. The molecule has 0 aliphatic carbocycles. The van der Waals surface area contributed by atoms with Gasteiger partial charge in [-0.1, -0.05) is 11.6 Å². The van der Waals surface area contributed by atoms with Crippen LogP contribution in [0.15, 0.2) is 66.0 Å². The van der Waals surface area contributed by atoms with Crippen LogP contribution in [0.25, 0.3) is 16.6 Å². The van der Waals surface area contributed by atoms with E-state index in [-0.39, 0.29) is 30.3 Å². The number of fused-ring (bicyclic) bond motifs is 1. The van der Waals surface area contributed by atoms with E-state index in [4.69, 9.17) is 11.6 Å². The third-order valence-electron chi connectivity index (χ3n) is 4.37. The maximum atomic E-state index is 12.6. The van der Waals surface area contributed by atoms with E-state index in [1.54, 1.807) is 47.4 Å². The lowest BCUT2D eigenvalue weighted by molar-refractivity contribution is 0.0898. The quantitative estimate of drug-likeness (QED) is 0.530. The van der Waals surface area contributed by atoms with Crippen LogP contribution in [0.2, 0.25) is 4.34 Å². The molecule has 0 saturated heterocycles. The molecule has 0 spiro atoms. The number of rotatable bonds is 5. The fourth-order valence-electron chi connectivity index (χ4n) is 2.99. The predicted molar refractivity (Wildman–Crippen MR) is 112 cm³/mol. The number of hydrogen-bond acceptors (Lipinski definition) is 5. The lowest BCUT2D eigenvalue weighted by Crippen LogP contribution is -2.26. The van der Waals surface area contributed by atoms with E-state index in [2.05, 4.69) is 10.3 Å². The fraction of sp³-hybridized carbons (Fsp3) is 0.100. The van der Waals surface area contributed by atoms with Crippen LogP contribution in [0.3, 0.4) is 0 Å². The molecule has 0 atom stereocenters. The lowest BCUT2D eigenvalue weighted by atomic mass is 10.2. The van der Waals surface area contributed by atoms with Gasteiger partial charge in [-0.15, -0.1) is 11.3 Å². The van der Waals surface area contributed by atoms with E-state index >= 15 is 0 Å². The van der Waals surface area contributed by atoms with Gasteiger partial charge in [0.1, 0.15) is 0 Å². The van der Waals surface area contributed by atoms with Crippen molar-refractivity contribution in [3.63, 3.8) is 0 Å². The van der Waals surface area contributed by atoms with Gasteiger partial charge in [-0.2, -0.15) is 0 Å². The number of carbonyl (C=O) groups excluding carboxylic acids is 2. The molecule has 0 bridgehead atoms. The molecule has 1 aromatic carbocycles. The van der Waals surface area contributed by atoms with Crippen LogP contribution in [0.4, 0.5) is 0 Å². The van der Waals surface area contributed by atoms with Gasteiger partial charge in [0.2, 0.25) is 5.91 Å². The molecule has 0 saturated carbocycles. The Bertz CT molecular complexity index is 1270. The summed E-state index contributed by atoms with van der Waals surface area (Å²) in [5, 5.41) is 3.56. The van der Waals surface area contributed by atoms with E-state index in [0.717, 1.165) is 10.9 Å². The summed E-state index contributed by atoms with van der Waals surface area (Å²) < 4.78 is 3.57. The van der Waals surface area contributed by atoms with Crippen molar-refractivity contribution in [1.82, 2.24) is 19.4 Å². The number of carbonyl (C=O) groups is 2. The molecule has 0 fully saturated rings. The van der Waals surface area contributed by atoms with Crippen molar-refractivity contribution in [3.8, 4) is 5.69 Å². The highest BCUT2D eigenvalue weighted by Gasteiger charge is 2.12. The van der Waals surface area contributed by atoms with Gasteiger partial charge >= 0.3 is 0 Å². The zero-order valence-corrected chi connectivity index (χ0v) is 16.6. The Labute approximate surface area is 174 Å². The lowest BCUT2D eigenvalue weighted by Gasteiger charge is -2.07. The van der Waals surface area contributed by atoms with Crippen LogP contribution < -0.4 is 10.9 Å². The topological polar surface area (TPSA) is 86.0 Å². The van der Waals surface area contributed by atoms with Crippen molar-refractivity contribution < 1.29 is 9.59 Å². The van der Waals surface area contributed by atoms with Crippen LogP contribution in [0, 0.1) is 0 Å². The van der Waals surface area contributed by atoms with Crippen LogP contribution in [-0.4, -0.2) is 32.5 Å². The molecule has 3 heterocycles. The van der Waals surface area contributed by atoms with Gasteiger partial charge < -0.3 is 5.32 Å². The molecular weight excluding hydrogens is 412 g/mol. The van der Waals surface area contributed by atoms with Gasteiger partial charge in [-0.3, -0.25) is 28.5 Å². The largest absolute Gasteiger partial charge is 0.351 e. The van der Waals surface area contributed by atoms with E-state index in [1.807, 2.05) is 12.1 Å². The van der Waals surface area contributed by atoms with Crippen LogP contribution in [0.1, 0.15) is 20.9 Å². The summed E-state index contributed by atoms with van der Waals surface area (Å²) in [5.41, 5.74) is 1.19. The number of aromatic nitrogens is 3. The average Bonchev–Trinajstić information content (AvgIpc) is 3.34. The monoisotopic (exact) mass is 426 g/mol. The van der Waals surface area contributed by atoms with E-state index < -0.39 is 0 Å². The summed E-state index contributed by atoms with van der Waals surface area (Å²) >= 11 is 7.02. The Kier molecular flexibility index (Phi) is 5.28. The summed E-state index contributed by atoms with van der Waals surface area (Å²) in [6, 6.07) is 10.5. The minimum absolute atomic E-state index is 0.140. The molecule has 4 aromatic rings. The minimum Gasteiger partial charge on any atom is -0.351 e. The summed E-state index contributed by atoms with van der Waals surface area (Å²) in [6.07, 6.45) is 6.22. The third-order valence-corrected chi connectivity index (χ3v) is 5.60. The van der Waals surface area contributed by atoms with Crippen molar-refractivity contribution in [1.29, 1.82) is 0 Å². The van der Waals surface area contributed by atoms with Crippen molar-refractivity contribution in [2.75, 3.05) is 6.54 Å². The highest BCUT2D eigenvalue weighted by Crippen LogP contribution is 2.21. The molecule has 0 aliphatic heterocycles. The van der Waals surface area contributed by atoms with Crippen molar-refractivity contribution in [2.45, 2.75) is 6.42 Å².